The minimum atomic E-state index is -0.346. The zero-order valence-electron chi connectivity index (χ0n) is 9.49. The zero-order chi connectivity index (χ0) is 9.68. The number of rotatable bonds is 3. The first-order valence-electron chi connectivity index (χ1n) is 4.20. The molecule has 0 aromatic heterocycles. The molecule has 1 rings (SSSR count). The maximum absolute atomic E-state index is 11.2. The molecule has 0 radical (unpaired) electrons. The van der Waals surface area contributed by atoms with Gasteiger partial charge in [-0.25, -0.2) is 4.79 Å². The Morgan fingerprint density at radius 3 is 2.50 bits per heavy atom. The van der Waals surface area contributed by atoms with Crippen molar-refractivity contribution in [1.82, 2.24) is 0 Å². The third-order valence-electron chi connectivity index (χ3n) is 1.54. The number of aromatic hydroxyl groups is 1. The molecule has 0 unspecified atom stereocenters. The van der Waals surface area contributed by atoms with Gasteiger partial charge >= 0.3 is 35.5 Å². The number of hydrogen-bond donors (Lipinski definition) is 1. The van der Waals surface area contributed by atoms with E-state index in [-0.39, 0.29) is 42.7 Å². The summed E-state index contributed by atoms with van der Waals surface area (Å²) in [6.45, 7) is 2.36. The van der Waals surface area contributed by atoms with Crippen molar-refractivity contribution in [2.45, 2.75) is 13.3 Å². The van der Waals surface area contributed by atoms with E-state index >= 15 is 0 Å². The Morgan fingerprint density at radius 1 is 1.43 bits per heavy atom. The summed E-state index contributed by atoms with van der Waals surface area (Å²) in [6.07, 6.45) is 0.809. The first-order valence-corrected chi connectivity index (χ1v) is 4.20. The van der Waals surface area contributed by atoms with Crippen LogP contribution in [0.25, 0.3) is 0 Å². The smallest absolute Gasteiger partial charge is 1.00 e. The van der Waals surface area contributed by atoms with Gasteiger partial charge in [0.2, 0.25) is 0 Å². The molecule has 0 aliphatic heterocycles. The Hall–Kier alpha value is -0.510. The van der Waals surface area contributed by atoms with Crippen molar-refractivity contribution < 1.29 is 45.6 Å². The summed E-state index contributed by atoms with van der Waals surface area (Å²) >= 11 is 0. The van der Waals surface area contributed by atoms with Crippen molar-refractivity contribution >= 4 is 5.97 Å². The van der Waals surface area contributed by atoms with Crippen LogP contribution in [0.4, 0.5) is 0 Å². The maximum atomic E-state index is 11.2. The van der Waals surface area contributed by atoms with Crippen LogP contribution in [-0.4, -0.2) is 17.7 Å². The molecule has 1 N–H and O–H groups in total. The Kier molecular flexibility index (Phi) is 6.62. The van der Waals surface area contributed by atoms with Crippen LogP contribution in [0.3, 0.4) is 0 Å². The Bertz CT molecular complexity index is 287. The molecule has 0 aliphatic carbocycles. The van der Waals surface area contributed by atoms with E-state index in [4.69, 9.17) is 9.84 Å². The van der Waals surface area contributed by atoms with Gasteiger partial charge in [0, 0.05) is 0 Å². The minimum Gasteiger partial charge on any atom is -1.00 e. The monoisotopic (exact) mass is 204 g/mol. The van der Waals surface area contributed by atoms with E-state index in [1.807, 2.05) is 6.92 Å². The molecule has 3 nitrogen and oxygen atoms in total. The molecule has 4 heteroatoms. The predicted molar refractivity (Wildman–Crippen MR) is 49.8 cm³/mol. The molecule has 14 heavy (non-hydrogen) atoms. The van der Waals surface area contributed by atoms with Gasteiger partial charge in [-0.1, -0.05) is 6.92 Å². The number of ether oxygens (including phenoxy) is 1. The average molecular weight is 204 g/mol. The first-order chi connectivity index (χ1) is 6.24. The van der Waals surface area contributed by atoms with Crippen molar-refractivity contribution in [1.29, 1.82) is 0 Å². The molecule has 0 saturated carbocycles. The standard InChI is InChI=1S/C10H12O3.Na.H/c1-2-7-13-10(12)8-3-5-9(11)6-4-8;;/h3-6,11H,2,7H2,1H3;;/q;+1;-1. The summed E-state index contributed by atoms with van der Waals surface area (Å²) in [4.78, 5) is 11.2. The number of carbonyl (C=O) groups excluding carboxylic acids is 1. The first kappa shape index (κ1) is 13.5. The molecular weight excluding hydrogens is 191 g/mol. The summed E-state index contributed by atoms with van der Waals surface area (Å²) in [7, 11) is 0. The summed E-state index contributed by atoms with van der Waals surface area (Å²) < 4.78 is 4.90. The molecule has 1 aromatic rings. The second-order valence-corrected chi connectivity index (χ2v) is 2.68. The molecule has 72 valence electrons. The van der Waals surface area contributed by atoms with Crippen LogP contribution in [0.5, 0.6) is 5.75 Å². The molecule has 0 atom stereocenters. The molecule has 0 aliphatic rings. The van der Waals surface area contributed by atoms with Crippen LogP contribution < -0.4 is 29.6 Å². The van der Waals surface area contributed by atoms with E-state index in [9.17, 15) is 4.79 Å². The third kappa shape index (κ3) is 4.13. The van der Waals surface area contributed by atoms with Crippen LogP contribution in [0.15, 0.2) is 24.3 Å². The van der Waals surface area contributed by atoms with Gasteiger partial charge in [0.15, 0.2) is 0 Å². The Morgan fingerprint density at radius 2 is 2.00 bits per heavy atom. The predicted octanol–water partition coefficient (Wildman–Crippen LogP) is -0.924. The molecule has 0 saturated heterocycles. The average Bonchev–Trinajstić information content (AvgIpc) is 2.15. The van der Waals surface area contributed by atoms with E-state index in [0.717, 1.165) is 6.42 Å². The molecule has 0 spiro atoms. The molecule has 0 heterocycles. The number of carbonyl (C=O) groups is 1. The summed E-state index contributed by atoms with van der Waals surface area (Å²) in [6, 6.07) is 5.99. The Balaban J connectivity index is 0. The second kappa shape index (κ2) is 6.87. The van der Waals surface area contributed by atoms with E-state index in [2.05, 4.69) is 0 Å². The van der Waals surface area contributed by atoms with E-state index in [1.165, 1.54) is 24.3 Å². The molecular formula is C10H13NaO3. The summed E-state index contributed by atoms with van der Waals surface area (Å²) in [5.74, 6) is -0.200. The quantitative estimate of drug-likeness (QED) is 0.511. The van der Waals surface area contributed by atoms with Gasteiger partial charge in [-0.3, -0.25) is 0 Å². The van der Waals surface area contributed by atoms with Crippen molar-refractivity contribution in [3.8, 4) is 5.75 Å². The number of hydrogen-bond acceptors (Lipinski definition) is 3. The number of phenolic OH excluding ortho intramolecular Hbond substituents is 1. The second-order valence-electron chi connectivity index (χ2n) is 2.68. The van der Waals surface area contributed by atoms with Gasteiger partial charge in [0.1, 0.15) is 5.75 Å². The van der Waals surface area contributed by atoms with Crippen molar-refractivity contribution in [3.05, 3.63) is 29.8 Å². The Labute approximate surface area is 107 Å². The van der Waals surface area contributed by atoms with Crippen molar-refractivity contribution in [2.24, 2.45) is 0 Å². The summed E-state index contributed by atoms with van der Waals surface area (Å²) in [5, 5.41) is 8.96. The maximum Gasteiger partial charge on any atom is 1.00 e. The van der Waals surface area contributed by atoms with Crippen LogP contribution in [-0.2, 0) is 4.74 Å². The van der Waals surface area contributed by atoms with Gasteiger partial charge in [-0.15, -0.1) is 0 Å². The fraction of sp³-hybridized carbons (Fsp3) is 0.300. The zero-order valence-corrected chi connectivity index (χ0v) is 10.5. The number of phenols is 1. The van der Waals surface area contributed by atoms with Crippen molar-refractivity contribution in [2.75, 3.05) is 6.61 Å². The largest absolute Gasteiger partial charge is 1.00 e. The SMILES string of the molecule is CCCOC(=O)c1ccc(O)cc1.[H-].[Na+]. The van der Waals surface area contributed by atoms with E-state index in [0.29, 0.717) is 12.2 Å². The van der Waals surface area contributed by atoms with Crippen molar-refractivity contribution in [3.63, 3.8) is 0 Å². The summed E-state index contributed by atoms with van der Waals surface area (Å²) in [5.41, 5.74) is 0.464. The van der Waals surface area contributed by atoms with Crippen LogP contribution in [0.1, 0.15) is 25.1 Å². The fourth-order valence-corrected chi connectivity index (χ4v) is 0.876. The van der Waals surface area contributed by atoms with Gasteiger partial charge in [0.25, 0.3) is 0 Å². The van der Waals surface area contributed by atoms with Gasteiger partial charge < -0.3 is 11.3 Å². The van der Waals surface area contributed by atoms with Crippen LogP contribution >= 0.6 is 0 Å². The van der Waals surface area contributed by atoms with Crippen LogP contribution in [0, 0.1) is 0 Å². The third-order valence-corrected chi connectivity index (χ3v) is 1.54. The van der Waals surface area contributed by atoms with E-state index in [1.54, 1.807) is 0 Å². The number of benzene rings is 1. The molecule has 0 bridgehead atoms. The topological polar surface area (TPSA) is 46.5 Å². The molecule has 0 amide bonds. The van der Waals surface area contributed by atoms with Gasteiger partial charge in [0.05, 0.1) is 12.2 Å². The number of esters is 1. The van der Waals surface area contributed by atoms with Crippen LogP contribution in [0.2, 0.25) is 0 Å². The fourth-order valence-electron chi connectivity index (χ4n) is 0.876. The van der Waals surface area contributed by atoms with Gasteiger partial charge in [-0.2, -0.15) is 0 Å². The minimum absolute atomic E-state index is 0. The molecule has 0 fully saturated rings. The molecule has 1 aromatic carbocycles. The van der Waals surface area contributed by atoms with E-state index < -0.39 is 0 Å². The normalized spacial score (nSPS) is 8.93. The van der Waals surface area contributed by atoms with Gasteiger partial charge in [-0.05, 0) is 30.7 Å².